The molecule has 0 amide bonds. The summed E-state index contributed by atoms with van der Waals surface area (Å²) in [6.07, 6.45) is 3.42. The molecule has 0 saturated heterocycles. The standard InChI is InChI=1S/C22H20N4O2/c1-2-28-26(22-24-15-21-20(25-22)12-7-13-23-21)18-10-6-11-19(14-18)27-16-17-8-4-3-5-9-17/h3-15H,2,16H2,1H3. The van der Waals surface area contributed by atoms with Crippen molar-refractivity contribution in [3.05, 3.63) is 84.7 Å². The van der Waals surface area contributed by atoms with Gasteiger partial charge in [0.2, 0.25) is 0 Å². The van der Waals surface area contributed by atoms with Gasteiger partial charge in [-0.3, -0.25) is 9.82 Å². The van der Waals surface area contributed by atoms with Crippen LogP contribution >= 0.6 is 0 Å². The van der Waals surface area contributed by atoms with Gasteiger partial charge in [-0.1, -0.05) is 36.4 Å². The number of fused-ring (bicyclic) bond motifs is 1. The highest BCUT2D eigenvalue weighted by molar-refractivity contribution is 5.74. The van der Waals surface area contributed by atoms with Crippen LogP contribution in [0.4, 0.5) is 11.6 Å². The second-order valence-corrected chi connectivity index (χ2v) is 6.06. The van der Waals surface area contributed by atoms with Gasteiger partial charge in [0.15, 0.2) is 0 Å². The minimum atomic E-state index is 0.447. The molecule has 0 fully saturated rings. The van der Waals surface area contributed by atoms with E-state index in [9.17, 15) is 0 Å². The third kappa shape index (κ3) is 4.07. The number of hydrogen-bond acceptors (Lipinski definition) is 6. The maximum atomic E-state index is 5.93. The Morgan fingerprint density at radius 1 is 0.893 bits per heavy atom. The molecular weight excluding hydrogens is 352 g/mol. The van der Waals surface area contributed by atoms with E-state index in [0.717, 1.165) is 28.0 Å². The summed E-state index contributed by atoms with van der Waals surface area (Å²) in [4.78, 5) is 19.1. The summed E-state index contributed by atoms with van der Waals surface area (Å²) in [6.45, 7) is 2.89. The van der Waals surface area contributed by atoms with Gasteiger partial charge < -0.3 is 4.74 Å². The molecule has 4 aromatic rings. The first-order valence-electron chi connectivity index (χ1n) is 9.11. The third-order valence-electron chi connectivity index (χ3n) is 4.08. The molecule has 0 aliphatic carbocycles. The van der Waals surface area contributed by atoms with Gasteiger partial charge in [-0.2, -0.15) is 5.06 Å². The molecule has 2 heterocycles. The van der Waals surface area contributed by atoms with Gasteiger partial charge in [0.25, 0.3) is 5.95 Å². The van der Waals surface area contributed by atoms with Crippen LogP contribution < -0.4 is 9.80 Å². The second kappa shape index (κ2) is 8.45. The first kappa shape index (κ1) is 17.9. The Hall–Kier alpha value is -3.51. The van der Waals surface area contributed by atoms with Crippen molar-refractivity contribution in [2.24, 2.45) is 0 Å². The lowest BCUT2D eigenvalue weighted by atomic mass is 10.2. The summed E-state index contributed by atoms with van der Waals surface area (Å²) in [5.74, 6) is 1.19. The van der Waals surface area contributed by atoms with Crippen molar-refractivity contribution in [3.63, 3.8) is 0 Å². The van der Waals surface area contributed by atoms with Crippen LogP contribution in [0.15, 0.2) is 79.1 Å². The van der Waals surface area contributed by atoms with Gasteiger partial charge in [-0.05, 0) is 36.8 Å². The zero-order valence-corrected chi connectivity index (χ0v) is 15.5. The van der Waals surface area contributed by atoms with Gasteiger partial charge >= 0.3 is 0 Å². The summed E-state index contributed by atoms with van der Waals surface area (Å²) in [7, 11) is 0. The lowest BCUT2D eigenvalue weighted by molar-refractivity contribution is 0.145. The van der Waals surface area contributed by atoms with Gasteiger partial charge in [0.05, 0.1) is 24.0 Å². The smallest absolute Gasteiger partial charge is 0.255 e. The number of anilines is 2. The molecule has 28 heavy (non-hydrogen) atoms. The molecule has 140 valence electrons. The molecule has 4 rings (SSSR count). The van der Waals surface area contributed by atoms with Crippen molar-refractivity contribution in [1.82, 2.24) is 15.0 Å². The van der Waals surface area contributed by atoms with Gasteiger partial charge in [0, 0.05) is 12.3 Å². The Kier molecular flexibility index (Phi) is 5.40. The van der Waals surface area contributed by atoms with E-state index in [1.54, 1.807) is 17.5 Å². The van der Waals surface area contributed by atoms with Gasteiger partial charge in [-0.25, -0.2) is 9.97 Å². The quantitative estimate of drug-likeness (QED) is 0.439. The maximum absolute atomic E-state index is 5.93. The summed E-state index contributed by atoms with van der Waals surface area (Å²) in [6, 6.07) is 21.5. The molecule has 0 bridgehead atoms. The fraction of sp³-hybridized carbons (Fsp3) is 0.136. The number of pyridine rings is 1. The molecule has 0 unspecified atom stereocenters. The average molecular weight is 372 g/mol. The fourth-order valence-corrected chi connectivity index (χ4v) is 2.77. The molecule has 6 nitrogen and oxygen atoms in total. The monoisotopic (exact) mass is 372 g/mol. The Morgan fingerprint density at radius 3 is 2.64 bits per heavy atom. The molecule has 0 aliphatic rings. The second-order valence-electron chi connectivity index (χ2n) is 6.06. The number of hydrogen-bond donors (Lipinski definition) is 0. The normalized spacial score (nSPS) is 10.8. The largest absolute Gasteiger partial charge is 0.489 e. The van der Waals surface area contributed by atoms with Crippen LogP contribution in [0.1, 0.15) is 12.5 Å². The highest BCUT2D eigenvalue weighted by atomic mass is 16.7. The predicted molar refractivity (Wildman–Crippen MR) is 108 cm³/mol. The van der Waals surface area contributed by atoms with Crippen LogP contribution in [0.25, 0.3) is 11.0 Å². The molecule has 2 aromatic heterocycles. The Morgan fingerprint density at radius 2 is 1.79 bits per heavy atom. The highest BCUT2D eigenvalue weighted by Gasteiger charge is 2.15. The van der Waals surface area contributed by atoms with Crippen LogP contribution in [0.2, 0.25) is 0 Å². The number of aromatic nitrogens is 3. The highest BCUT2D eigenvalue weighted by Crippen LogP contribution is 2.27. The van der Waals surface area contributed by atoms with E-state index in [4.69, 9.17) is 9.57 Å². The lowest BCUT2D eigenvalue weighted by Crippen LogP contribution is -2.20. The minimum absolute atomic E-state index is 0.447. The zero-order valence-electron chi connectivity index (χ0n) is 15.5. The molecule has 0 saturated carbocycles. The SMILES string of the molecule is CCON(c1cccc(OCc2ccccc2)c1)c1ncc2ncccc2n1. The number of rotatable bonds is 7. The first-order valence-corrected chi connectivity index (χ1v) is 9.11. The molecule has 0 N–H and O–H groups in total. The Bertz CT molecular complexity index is 1060. The van der Waals surface area contributed by atoms with Crippen LogP contribution in [0.5, 0.6) is 5.75 Å². The van der Waals surface area contributed by atoms with E-state index in [0.29, 0.717) is 19.2 Å². The minimum Gasteiger partial charge on any atom is -0.489 e. The molecule has 0 atom stereocenters. The van der Waals surface area contributed by atoms with Crippen LogP contribution in [0.3, 0.4) is 0 Å². The van der Waals surface area contributed by atoms with Crippen LogP contribution in [0, 0.1) is 0 Å². The zero-order chi connectivity index (χ0) is 19.2. The molecule has 0 aliphatic heterocycles. The maximum Gasteiger partial charge on any atom is 0.255 e. The van der Waals surface area contributed by atoms with Crippen molar-refractivity contribution < 1.29 is 9.57 Å². The molecular formula is C22H20N4O2. The van der Waals surface area contributed by atoms with E-state index in [-0.39, 0.29) is 0 Å². The predicted octanol–water partition coefficient (Wildman–Crippen LogP) is 4.69. The molecule has 0 spiro atoms. The van der Waals surface area contributed by atoms with E-state index < -0.39 is 0 Å². The molecule has 0 radical (unpaired) electrons. The average Bonchev–Trinajstić information content (AvgIpc) is 2.76. The summed E-state index contributed by atoms with van der Waals surface area (Å²) in [5.41, 5.74) is 3.40. The van der Waals surface area contributed by atoms with Crippen molar-refractivity contribution >= 4 is 22.7 Å². The topological polar surface area (TPSA) is 60.4 Å². The van der Waals surface area contributed by atoms with E-state index in [1.807, 2.05) is 73.7 Å². The third-order valence-corrected chi connectivity index (χ3v) is 4.08. The number of ether oxygens (including phenoxy) is 1. The van der Waals surface area contributed by atoms with Crippen molar-refractivity contribution in [1.29, 1.82) is 0 Å². The summed E-state index contributed by atoms with van der Waals surface area (Å²) < 4.78 is 5.93. The van der Waals surface area contributed by atoms with E-state index in [2.05, 4.69) is 15.0 Å². The van der Waals surface area contributed by atoms with E-state index in [1.165, 1.54) is 0 Å². The van der Waals surface area contributed by atoms with Crippen molar-refractivity contribution in [2.75, 3.05) is 11.7 Å². The Labute approximate surface area is 163 Å². The van der Waals surface area contributed by atoms with Crippen LogP contribution in [-0.4, -0.2) is 21.6 Å². The van der Waals surface area contributed by atoms with Gasteiger partial charge in [-0.15, -0.1) is 0 Å². The number of benzene rings is 2. The van der Waals surface area contributed by atoms with Crippen molar-refractivity contribution in [2.45, 2.75) is 13.5 Å². The van der Waals surface area contributed by atoms with Crippen LogP contribution in [-0.2, 0) is 11.4 Å². The van der Waals surface area contributed by atoms with Gasteiger partial charge in [0.1, 0.15) is 17.9 Å². The fourth-order valence-electron chi connectivity index (χ4n) is 2.77. The van der Waals surface area contributed by atoms with E-state index >= 15 is 0 Å². The summed E-state index contributed by atoms with van der Waals surface area (Å²) in [5, 5.41) is 1.61. The summed E-state index contributed by atoms with van der Waals surface area (Å²) >= 11 is 0. The molecule has 2 aromatic carbocycles. The lowest BCUT2D eigenvalue weighted by Gasteiger charge is -2.21. The Balaban J connectivity index is 1.60. The van der Waals surface area contributed by atoms with Crippen molar-refractivity contribution in [3.8, 4) is 5.75 Å². The number of nitrogens with zero attached hydrogens (tertiary/aromatic N) is 4. The molecule has 6 heteroatoms. The first-order chi connectivity index (χ1) is 13.8.